The number of esters is 1. The second-order valence-corrected chi connectivity index (χ2v) is 9.69. The summed E-state index contributed by atoms with van der Waals surface area (Å²) in [5, 5.41) is 0. The Bertz CT molecular complexity index is 729. The van der Waals surface area contributed by atoms with E-state index in [2.05, 4.69) is 21.9 Å². The number of para-hydroxylation sites is 2. The fraction of sp³-hybridized carbons (Fsp3) is 0.708. The summed E-state index contributed by atoms with van der Waals surface area (Å²) < 4.78 is 11.3. The molecule has 4 atom stereocenters. The number of hydrogen-bond donors (Lipinski definition) is 0. The summed E-state index contributed by atoms with van der Waals surface area (Å²) in [6.07, 6.45) is 7.08. The van der Waals surface area contributed by atoms with Crippen molar-refractivity contribution in [2.24, 2.45) is 23.2 Å². The summed E-state index contributed by atoms with van der Waals surface area (Å²) in [5.41, 5.74) is 1.09. The van der Waals surface area contributed by atoms with E-state index in [0.29, 0.717) is 12.5 Å². The zero-order valence-electron chi connectivity index (χ0n) is 17.6. The quantitative estimate of drug-likeness (QED) is 0.519. The van der Waals surface area contributed by atoms with Gasteiger partial charge in [0.25, 0.3) is 0 Å². The lowest BCUT2D eigenvalue weighted by Gasteiger charge is -2.36. The molecule has 4 bridgehead atoms. The van der Waals surface area contributed by atoms with Gasteiger partial charge in [0.05, 0.1) is 24.8 Å². The zero-order valence-corrected chi connectivity index (χ0v) is 17.6. The average molecular weight is 399 g/mol. The van der Waals surface area contributed by atoms with E-state index in [4.69, 9.17) is 9.47 Å². The maximum Gasteiger partial charge on any atom is 0.312 e. The van der Waals surface area contributed by atoms with Crippen molar-refractivity contribution in [3.8, 4) is 5.75 Å². The first-order chi connectivity index (χ1) is 14.2. The first kappa shape index (κ1) is 19.2. The molecule has 158 valence electrons. The summed E-state index contributed by atoms with van der Waals surface area (Å²) >= 11 is 0. The molecule has 0 aromatic heterocycles. The molecule has 5 fully saturated rings. The van der Waals surface area contributed by atoms with Crippen LogP contribution in [0.2, 0.25) is 0 Å². The predicted octanol–water partition coefficient (Wildman–Crippen LogP) is 3.58. The monoisotopic (exact) mass is 398 g/mol. The topological polar surface area (TPSA) is 42.0 Å². The molecule has 1 aromatic rings. The van der Waals surface area contributed by atoms with Crippen molar-refractivity contribution >= 4 is 11.7 Å². The minimum Gasteiger partial charge on any atom is -0.495 e. The molecule has 1 saturated heterocycles. The highest BCUT2D eigenvalue weighted by atomic mass is 16.5. The molecule has 4 saturated carbocycles. The van der Waals surface area contributed by atoms with E-state index < -0.39 is 0 Å². The van der Waals surface area contributed by atoms with E-state index in [1.807, 2.05) is 12.1 Å². The molecule has 0 N–H and O–H groups in total. The van der Waals surface area contributed by atoms with Gasteiger partial charge in [0.2, 0.25) is 0 Å². The second-order valence-electron chi connectivity index (χ2n) is 9.69. The Balaban J connectivity index is 1.04. The van der Waals surface area contributed by atoms with Gasteiger partial charge in [0, 0.05) is 32.7 Å². The van der Waals surface area contributed by atoms with Gasteiger partial charge in [-0.1, -0.05) is 12.1 Å². The molecule has 6 rings (SSSR count). The molecular weight excluding hydrogens is 364 g/mol. The molecule has 29 heavy (non-hydrogen) atoms. The Labute approximate surface area is 174 Å². The van der Waals surface area contributed by atoms with Crippen LogP contribution in [0.3, 0.4) is 0 Å². The van der Waals surface area contributed by atoms with Crippen LogP contribution >= 0.6 is 0 Å². The molecule has 5 nitrogen and oxygen atoms in total. The van der Waals surface area contributed by atoms with Gasteiger partial charge < -0.3 is 14.4 Å². The lowest BCUT2D eigenvalue weighted by molar-refractivity contribution is -0.158. The fourth-order valence-electron chi connectivity index (χ4n) is 6.83. The minimum atomic E-state index is -0.0893. The number of benzene rings is 1. The molecule has 0 radical (unpaired) electrons. The van der Waals surface area contributed by atoms with Gasteiger partial charge in [-0.3, -0.25) is 9.69 Å². The van der Waals surface area contributed by atoms with Crippen LogP contribution in [0, 0.1) is 23.2 Å². The van der Waals surface area contributed by atoms with Gasteiger partial charge in [0.1, 0.15) is 5.75 Å². The SMILES string of the molecule is COc1ccccc1N1CCN(CCCOC(=O)C23CC4CC2C[C@H](C4)C3)CC1. The van der Waals surface area contributed by atoms with E-state index in [0.717, 1.165) is 69.6 Å². The summed E-state index contributed by atoms with van der Waals surface area (Å²) in [6, 6.07) is 8.25. The van der Waals surface area contributed by atoms with Crippen molar-refractivity contribution in [1.82, 2.24) is 4.90 Å². The summed E-state index contributed by atoms with van der Waals surface area (Å²) in [5.74, 6) is 3.32. The number of hydrogen-bond acceptors (Lipinski definition) is 5. The molecular formula is C24H34N2O3. The van der Waals surface area contributed by atoms with Gasteiger partial charge in [0.15, 0.2) is 0 Å². The molecule has 5 aliphatic rings. The Hall–Kier alpha value is -1.75. The molecule has 1 aliphatic heterocycles. The maximum absolute atomic E-state index is 12.9. The third kappa shape index (κ3) is 3.52. The zero-order chi connectivity index (χ0) is 19.8. The van der Waals surface area contributed by atoms with Crippen molar-refractivity contribution < 1.29 is 14.3 Å². The average Bonchev–Trinajstić information content (AvgIpc) is 3.16. The number of carbonyl (C=O) groups excluding carboxylic acids is 1. The Morgan fingerprint density at radius 1 is 1.07 bits per heavy atom. The van der Waals surface area contributed by atoms with Crippen LogP contribution in [-0.2, 0) is 9.53 Å². The smallest absolute Gasteiger partial charge is 0.312 e. The lowest BCUT2D eigenvalue weighted by Crippen LogP contribution is -2.47. The van der Waals surface area contributed by atoms with Gasteiger partial charge in [-0.2, -0.15) is 0 Å². The Morgan fingerprint density at radius 3 is 2.52 bits per heavy atom. The third-order valence-corrected chi connectivity index (χ3v) is 8.05. The van der Waals surface area contributed by atoms with Gasteiger partial charge >= 0.3 is 5.97 Å². The van der Waals surface area contributed by atoms with Crippen LogP contribution in [0.15, 0.2) is 24.3 Å². The number of methoxy groups -OCH3 is 1. The number of nitrogens with zero attached hydrogens (tertiary/aromatic N) is 2. The van der Waals surface area contributed by atoms with E-state index in [-0.39, 0.29) is 11.4 Å². The maximum atomic E-state index is 12.9. The normalized spacial score (nSPS) is 33.3. The van der Waals surface area contributed by atoms with E-state index >= 15 is 0 Å². The van der Waals surface area contributed by atoms with Crippen LogP contribution in [0.25, 0.3) is 0 Å². The Kier molecular flexibility index (Phi) is 5.19. The van der Waals surface area contributed by atoms with E-state index in [9.17, 15) is 4.79 Å². The van der Waals surface area contributed by atoms with Gasteiger partial charge in [-0.25, -0.2) is 0 Å². The standard InChI is InChI=1S/C24H34N2O3/c1-28-22-6-3-2-5-21(22)26-10-8-25(9-11-26)7-4-12-29-23(27)24-16-18-13-19(17-24)15-20(24)14-18/h2-3,5-6,18-20H,4,7-17H2,1H3/t18-,19?,20?,24?/m0/s1. The number of piperazine rings is 1. The van der Waals surface area contributed by atoms with Gasteiger partial charge in [-0.15, -0.1) is 0 Å². The number of ether oxygens (including phenoxy) is 2. The molecule has 4 aliphatic carbocycles. The van der Waals surface area contributed by atoms with E-state index in [1.54, 1.807) is 7.11 Å². The number of carbonyl (C=O) groups is 1. The third-order valence-electron chi connectivity index (χ3n) is 8.05. The van der Waals surface area contributed by atoms with Crippen molar-refractivity contribution in [1.29, 1.82) is 0 Å². The molecule has 3 unspecified atom stereocenters. The molecule has 0 spiro atoms. The highest BCUT2D eigenvalue weighted by molar-refractivity contribution is 5.78. The summed E-state index contributed by atoms with van der Waals surface area (Å²) in [6.45, 7) is 5.69. The largest absolute Gasteiger partial charge is 0.495 e. The number of anilines is 1. The highest BCUT2D eigenvalue weighted by Crippen LogP contribution is 2.65. The Morgan fingerprint density at radius 2 is 1.79 bits per heavy atom. The van der Waals surface area contributed by atoms with Crippen molar-refractivity contribution in [2.45, 2.75) is 38.5 Å². The first-order valence-corrected chi connectivity index (χ1v) is 11.5. The minimum absolute atomic E-state index is 0.0893. The summed E-state index contributed by atoms with van der Waals surface area (Å²) in [7, 11) is 1.73. The predicted molar refractivity (Wildman–Crippen MR) is 113 cm³/mol. The first-order valence-electron chi connectivity index (χ1n) is 11.5. The van der Waals surface area contributed by atoms with Crippen LogP contribution < -0.4 is 9.64 Å². The van der Waals surface area contributed by atoms with Crippen LogP contribution in [0.1, 0.15) is 38.5 Å². The second kappa shape index (κ2) is 7.82. The molecule has 1 aromatic carbocycles. The van der Waals surface area contributed by atoms with Crippen molar-refractivity contribution in [2.75, 3.05) is 51.3 Å². The van der Waals surface area contributed by atoms with Crippen molar-refractivity contribution in [3.05, 3.63) is 24.3 Å². The van der Waals surface area contributed by atoms with Crippen LogP contribution in [0.5, 0.6) is 5.75 Å². The molecule has 5 heteroatoms. The lowest BCUT2D eigenvalue weighted by atomic mass is 9.75. The van der Waals surface area contributed by atoms with Gasteiger partial charge in [-0.05, 0) is 68.4 Å². The number of rotatable bonds is 7. The summed E-state index contributed by atoms with van der Waals surface area (Å²) in [4.78, 5) is 17.8. The molecule has 1 heterocycles. The van der Waals surface area contributed by atoms with Crippen LogP contribution in [-0.4, -0.2) is 57.3 Å². The van der Waals surface area contributed by atoms with Crippen LogP contribution in [0.4, 0.5) is 5.69 Å². The van der Waals surface area contributed by atoms with Crippen molar-refractivity contribution in [3.63, 3.8) is 0 Å². The fourth-order valence-corrected chi connectivity index (χ4v) is 6.83. The highest BCUT2D eigenvalue weighted by Gasteiger charge is 2.62. The molecule has 0 amide bonds. The van der Waals surface area contributed by atoms with E-state index in [1.165, 1.54) is 24.9 Å².